The number of benzene rings is 9. The molecule has 0 amide bonds. The van der Waals surface area contributed by atoms with Crippen molar-refractivity contribution in [3.63, 3.8) is 0 Å². The monoisotopic (exact) mass is 986 g/mol. The molecule has 0 fully saturated rings. The van der Waals surface area contributed by atoms with E-state index in [1.165, 1.54) is 112 Å². The Balaban J connectivity index is 0.870. The molecule has 10 aromatic rings. The molecule has 1 aromatic heterocycles. The van der Waals surface area contributed by atoms with Gasteiger partial charge in [0.1, 0.15) is 0 Å². The summed E-state index contributed by atoms with van der Waals surface area (Å²) in [5.74, 6) is 0.244. The number of anilines is 6. The van der Waals surface area contributed by atoms with Crippen LogP contribution in [-0.4, -0.2) is 22.7 Å². The summed E-state index contributed by atoms with van der Waals surface area (Å²) in [4.78, 5) is 7.75. The SMILES string of the molecule is C1=CCC(N(c2ccc3c(c2)C2C=CC=CC2N3c2ccccc2)c2ccc3c(c2)C2(c4ccccc4-c4ccccc42)c2cc(N(c4ccccc4)C4C=Cc5c(c6ccccc6n5-c5ccccc5)C4)ccc2-3)C=C1. The van der Waals surface area contributed by atoms with Crippen LogP contribution in [0.4, 0.5) is 34.1 Å². The smallest absolute Gasteiger partial charge is 0.0727 e. The van der Waals surface area contributed by atoms with Gasteiger partial charge in [0, 0.05) is 56.8 Å². The molecule has 0 saturated heterocycles. The van der Waals surface area contributed by atoms with Crippen molar-refractivity contribution >= 4 is 51.1 Å². The van der Waals surface area contributed by atoms with E-state index in [4.69, 9.17) is 0 Å². The Kier molecular flexibility index (Phi) is 9.90. The third-order valence-corrected chi connectivity index (χ3v) is 17.5. The fourth-order valence-corrected chi connectivity index (χ4v) is 14.4. The molecule has 4 nitrogen and oxygen atoms in total. The number of para-hydroxylation sites is 4. The molecule has 4 heteroatoms. The van der Waals surface area contributed by atoms with Crippen molar-refractivity contribution in [1.82, 2.24) is 4.57 Å². The first kappa shape index (κ1) is 44.0. The van der Waals surface area contributed by atoms with Gasteiger partial charge >= 0.3 is 0 Å². The lowest BCUT2D eigenvalue weighted by atomic mass is 9.70. The molecule has 77 heavy (non-hydrogen) atoms. The van der Waals surface area contributed by atoms with E-state index in [9.17, 15) is 0 Å². The molecule has 2 heterocycles. The zero-order valence-corrected chi connectivity index (χ0v) is 42.6. The number of rotatable bonds is 8. The molecule has 1 spiro atoms. The summed E-state index contributed by atoms with van der Waals surface area (Å²) in [7, 11) is 0. The number of aromatic nitrogens is 1. The van der Waals surface area contributed by atoms with E-state index in [-0.39, 0.29) is 24.0 Å². The lowest BCUT2D eigenvalue weighted by Gasteiger charge is -2.36. The Morgan fingerprint density at radius 3 is 1.70 bits per heavy atom. The maximum Gasteiger partial charge on any atom is 0.0727 e. The van der Waals surface area contributed by atoms with Crippen molar-refractivity contribution < 1.29 is 0 Å². The Bertz CT molecular complexity index is 4110. The molecule has 6 aliphatic rings. The van der Waals surface area contributed by atoms with Crippen LogP contribution in [0.1, 0.15) is 51.4 Å². The number of hydrogen-bond donors (Lipinski definition) is 0. The van der Waals surface area contributed by atoms with Crippen LogP contribution in [0, 0.1) is 0 Å². The van der Waals surface area contributed by atoms with Gasteiger partial charge < -0.3 is 19.3 Å². The van der Waals surface area contributed by atoms with Crippen LogP contribution in [-0.2, 0) is 11.8 Å². The average molecular weight is 987 g/mol. The van der Waals surface area contributed by atoms with Crippen LogP contribution in [0.15, 0.2) is 273 Å². The second-order valence-corrected chi connectivity index (χ2v) is 21.4. The van der Waals surface area contributed by atoms with Gasteiger partial charge in [0.2, 0.25) is 0 Å². The molecule has 4 unspecified atom stereocenters. The van der Waals surface area contributed by atoms with Gasteiger partial charge in [0.05, 0.1) is 29.1 Å². The van der Waals surface area contributed by atoms with Crippen LogP contribution in [0.25, 0.3) is 44.9 Å². The standard InChI is InChI=1S/C73H54N4/c1-5-21-49(22-6-1)74(53-39-43-71-63(45-53)61-31-15-19-35-69(61)76(71)51-25-9-3-10-26-51)55-37-41-59-60-42-38-56(48-68(60)73(67(59)47-55)65-33-17-13-29-57(65)58-30-14-18-34-66(58)73)75(50-23-7-2-8-24-50)54-40-44-72-64(46-54)62-32-16-20-36-70(62)77(72)52-27-11-4-12-28-52/h1-23,25-44,46-48,50,53,62,70H,24,45H2. The zero-order valence-electron chi connectivity index (χ0n) is 42.6. The highest BCUT2D eigenvalue weighted by atomic mass is 15.2. The maximum absolute atomic E-state index is 2.62. The van der Waals surface area contributed by atoms with Crippen LogP contribution < -0.4 is 14.7 Å². The number of nitrogens with zero attached hydrogens (tertiary/aromatic N) is 4. The Hall–Kier alpha value is -9.38. The van der Waals surface area contributed by atoms with Gasteiger partial charge in [-0.3, -0.25) is 0 Å². The minimum absolute atomic E-state index is 0.0566. The lowest BCUT2D eigenvalue weighted by Crippen LogP contribution is -2.33. The van der Waals surface area contributed by atoms with Gasteiger partial charge in [-0.1, -0.05) is 188 Å². The number of allylic oxidation sites excluding steroid dienone is 4. The minimum atomic E-state index is -0.570. The van der Waals surface area contributed by atoms with E-state index in [2.05, 4.69) is 298 Å². The van der Waals surface area contributed by atoms with E-state index < -0.39 is 5.41 Å². The summed E-state index contributed by atoms with van der Waals surface area (Å²) in [6, 6.07) is 82.6. The normalized spacial score (nSPS) is 19.1. The summed E-state index contributed by atoms with van der Waals surface area (Å²) in [6.07, 6.45) is 24.9. The highest BCUT2D eigenvalue weighted by Crippen LogP contribution is 2.64. The van der Waals surface area contributed by atoms with Crippen LogP contribution >= 0.6 is 0 Å². The van der Waals surface area contributed by atoms with E-state index in [0.29, 0.717) is 0 Å². The molecule has 1 aliphatic heterocycles. The summed E-state index contributed by atoms with van der Waals surface area (Å²) < 4.78 is 2.44. The first-order chi connectivity index (χ1) is 38.2. The molecule has 9 aromatic carbocycles. The van der Waals surface area contributed by atoms with Crippen molar-refractivity contribution in [2.75, 3.05) is 14.7 Å². The summed E-state index contributed by atoms with van der Waals surface area (Å²) in [5, 5.41) is 1.31. The van der Waals surface area contributed by atoms with E-state index in [1.54, 1.807) is 0 Å². The third-order valence-electron chi connectivity index (χ3n) is 17.5. The third kappa shape index (κ3) is 6.52. The summed E-state index contributed by atoms with van der Waals surface area (Å²) >= 11 is 0. The summed E-state index contributed by atoms with van der Waals surface area (Å²) in [6.45, 7) is 0. The maximum atomic E-state index is 2.62. The number of fused-ring (bicyclic) bond motifs is 16. The topological polar surface area (TPSA) is 14.7 Å². The fraction of sp³-hybridized carbons (Fsp3) is 0.0959. The van der Waals surface area contributed by atoms with Gasteiger partial charge in [-0.25, -0.2) is 0 Å². The Morgan fingerprint density at radius 1 is 0.429 bits per heavy atom. The molecule has 366 valence electrons. The quantitative estimate of drug-likeness (QED) is 0.151. The second-order valence-electron chi connectivity index (χ2n) is 21.4. The van der Waals surface area contributed by atoms with Gasteiger partial charge in [-0.05, 0) is 159 Å². The molecular formula is C73H54N4. The van der Waals surface area contributed by atoms with Crippen molar-refractivity contribution in [3.8, 4) is 27.9 Å². The molecule has 0 bridgehead atoms. The van der Waals surface area contributed by atoms with Gasteiger partial charge in [-0.2, -0.15) is 0 Å². The largest absolute Gasteiger partial charge is 0.334 e. The average Bonchev–Trinajstić information content (AvgIpc) is 4.37. The Morgan fingerprint density at radius 2 is 1.00 bits per heavy atom. The zero-order chi connectivity index (χ0) is 50.6. The lowest BCUT2D eigenvalue weighted by molar-refractivity contribution is 0.743. The predicted octanol–water partition coefficient (Wildman–Crippen LogP) is 17.5. The van der Waals surface area contributed by atoms with Crippen LogP contribution in [0.2, 0.25) is 0 Å². The molecule has 5 aliphatic carbocycles. The van der Waals surface area contributed by atoms with Crippen LogP contribution in [0.3, 0.4) is 0 Å². The van der Waals surface area contributed by atoms with E-state index in [1.807, 2.05) is 0 Å². The van der Waals surface area contributed by atoms with Gasteiger partial charge in [0.15, 0.2) is 0 Å². The van der Waals surface area contributed by atoms with E-state index in [0.717, 1.165) is 12.8 Å². The van der Waals surface area contributed by atoms with Crippen molar-refractivity contribution in [2.24, 2.45) is 0 Å². The molecule has 0 saturated carbocycles. The van der Waals surface area contributed by atoms with Gasteiger partial charge in [-0.15, -0.1) is 0 Å². The first-order valence-electron chi connectivity index (χ1n) is 27.4. The van der Waals surface area contributed by atoms with E-state index >= 15 is 0 Å². The van der Waals surface area contributed by atoms with Crippen molar-refractivity contribution in [3.05, 3.63) is 312 Å². The van der Waals surface area contributed by atoms with Crippen molar-refractivity contribution in [1.29, 1.82) is 0 Å². The van der Waals surface area contributed by atoms with Gasteiger partial charge in [0.25, 0.3) is 0 Å². The molecule has 0 N–H and O–H groups in total. The van der Waals surface area contributed by atoms with Crippen LogP contribution in [0.5, 0.6) is 0 Å². The minimum Gasteiger partial charge on any atom is -0.334 e. The molecule has 4 atom stereocenters. The molecular weight excluding hydrogens is 933 g/mol. The molecule has 16 rings (SSSR count). The highest BCUT2D eigenvalue weighted by Gasteiger charge is 2.52. The second kappa shape index (κ2) is 17.3. The van der Waals surface area contributed by atoms with Crippen molar-refractivity contribution in [2.45, 2.75) is 42.3 Å². The summed E-state index contributed by atoms with van der Waals surface area (Å²) in [5.41, 5.74) is 23.6. The first-order valence-corrected chi connectivity index (χ1v) is 27.4. The highest BCUT2D eigenvalue weighted by molar-refractivity contribution is 5.97. The fourth-order valence-electron chi connectivity index (χ4n) is 14.4. The number of hydrogen-bond acceptors (Lipinski definition) is 3. The molecule has 0 radical (unpaired) electrons. The predicted molar refractivity (Wildman–Crippen MR) is 320 cm³/mol. The Labute approximate surface area is 450 Å².